The van der Waals surface area contributed by atoms with Crippen LogP contribution in [0.15, 0.2) is 29.3 Å². The maximum atomic E-state index is 5.99. The highest BCUT2D eigenvalue weighted by Crippen LogP contribution is 2.25. The number of unbranched alkanes of at least 4 members (excludes halogenated alkanes) is 1. The number of hydrogen-bond acceptors (Lipinski definition) is 2. The van der Waals surface area contributed by atoms with E-state index in [4.69, 9.17) is 10.5 Å². The molecule has 118 valence electrons. The summed E-state index contributed by atoms with van der Waals surface area (Å²) in [6, 6.07) is 8.70. The fraction of sp³-hybridized carbons (Fsp3) is 0.562. The van der Waals surface area contributed by atoms with Crippen LogP contribution in [0.4, 0.5) is 0 Å². The number of hydrogen-bond donors (Lipinski definition) is 1. The van der Waals surface area contributed by atoms with E-state index in [1.807, 2.05) is 25.2 Å². The quantitative estimate of drug-likeness (QED) is 0.329. The third-order valence-corrected chi connectivity index (χ3v) is 3.54. The van der Waals surface area contributed by atoms with Crippen molar-refractivity contribution in [1.29, 1.82) is 0 Å². The van der Waals surface area contributed by atoms with E-state index in [0.717, 1.165) is 30.8 Å². The number of benzene rings is 1. The van der Waals surface area contributed by atoms with Crippen LogP contribution in [-0.4, -0.2) is 30.6 Å². The minimum atomic E-state index is 0. The first-order valence-electron chi connectivity index (χ1n) is 7.45. The molecule has 0 unspecified atom stereocenters. The third-order valence-electron chi connectivity index (χ3n) is 3.54. The molecule has 4 nitrogen and oxygen atoms in total. The van der Waals surface area contributed by atoms with Crippen LogP contribution in [0.1, 0.15) is 38.2 Å². The molecule has 2 rings (SSSR count). The number of aliphatic imine (C=N–C) groups is 1. The Kier molecular flexibility index (Phi) is 7.85. The fourth-order valence-electron chi connectivity index (χ4n) is 2.00. The lowest BCUT2D eigenvalue weighted by molar-refractivity contribution is 0.309. The van der Waals surface area contributed by atoms with Gasteiger partial charge in [-0.2, -0.15) is 0 Å². The molecule has 0 saturated heterocycles. The number of nitrogens with two attached hydrogens (primary N) is 1. The molecular weight excluding hydrogens is 377 g/mol. The van der Waals surface area contributed by atoms with Crippen LogP contribution in [-0.2, 0) is 6.54 Å². The van der Waals surface area contributed by atoms with Gasteiger partial charge in [-0.1, -0.05) is 25.5 Å². The molecule has 1 aliphatic carbocycles. The van der Waals surface area contributed by atoms with E-state index in [1.54, 1.807) is 0 Å². The van der Waals surface area contributed by atoms with Crippen molar-refractivity contribution >= 4 is 29.9 Å². The molecule has 1 saturated carbocycles. The zero-order valence-electron chi connectivity index (χ0n) is 12.9. The van der Waals surface area contributed by atoms with Crippen LogP contribution in [0.2, 0.25) is 0 Å². The summed E-state index contributed by atoms with van der Waals surface area (Å²) in [5.74, 6) is 1.55. The second kappa shape index (κ2) is 9.12. The summed E-state index contributed by atoms with van der Waals surface area (Å²) in [5, 5.41) is 0. The number of ether oxygens (including phenoxy) is 1. The van der Waals surface area contributed by atoms with Gasteiger partial charge in [0, 0.05) is 13.1 Å². The van der Waals surface area contributed by atoms with Gasteiger partial charge in [0.25, 0.3) is 0 Å². The number of rotatable bonds is 7. The molecule has 2 N–H and O–H groups in total. The first-order chi connectivity index (χ1) is 9.70. The van der Waals surface area contributed by atoms with Gasteiger partial charge < -0.3 is 15.4 Å². The summed E-state index contributed by atoms with van der Waals surface area (Å²) in [4.78, 5) is 6.53. The summed E-state index contributed by atoms with van der Waals surface area (Å²) >= 11 is 0. The van der Waals surface area contributed by atoms with Gasteiger partial charge in [-0.25, -0.2) is 4.99 Å². The Balaban J connectivity index is 0.00000220. The molecule has 0 radical (unpaired) electrons. The summed E-state index contributed by atoms with van der Waals surface area (Å²) in [6.07, 6.45) is 4.69. The van der Waals surface area contributed by atoms with Crippen molar-refractivity contribution in [2.45, 2.75) is 45.2 Å². The van der Waals surface area contributed by atoms with E-state index in [2.05, 4.69) is 22.9 Å². The molecular formula is C16H26IN3O. The average Bonchev–Trinajstić information content (AvgIpc) is 3.29. The van der Waals surface area contributed by atoms with Crippen LogP contribution < -0.4 is 10.5 Å². The number of halogens is 1. The smallest absolute Gasteiger partial charge is 0.191 e. The topological polar surface area (TPSA) is 50.9 Å². The minimum Gasteiger partial charge on any atom is -0.494 e. The molecule has 21 heavy (non-hydrogen) atoms. The normalized spacial score (nSPS) is 14.5. The Labute approximate surface area is 144 Å². The SMILES string of the molecule is CCCCOc1cccc(CN=C(N)N(C)C2CC2)c1.I. The van der Waals surface area contributed by atoms with Gasteiger partial charge in [0.1, 0.15) is 5.75 Å². The van der Waals surface area contributed by atoms with E-state index in [1.165, 1.54) is 12.8 Å². The predicted octanol–water partition coefficient (Wildman–Crippen LogP) is 3.39. The van der Waals surface area contributed by atoms with Gasteiger partial charge in [0.2, 0.25) is 0 Å². The van der Waals surface area contributed by atoms with E-state index in [-0.39, 0.29) is 24.0 Å². The van der Waals surface area contributed by atoms with E-state index in [0.29, 0.717) is 18.5 Å². The highest BCUT2D eigenvalue weighted by molar-refractivity contribution is 14.0. The molecule has 5 heteroatoms. The van der Waals surface area contributed by atoms with Gasteiger partial charge in [-0.3, -0.25) is 0 Å². The Morgan fingerprint density at radius 3 is 2.86 bits per heavy atom. The molecule has 0 aliphatic heterocycles. The highest BCUT2D eigenvalue weighted by atomic mass is 127. The summed E-state index contributed by atoms with van der Waals surface area (Å²) < 4.78 is 5.70. The average molecular weight is 403 g/mol. The third kappa shape index (κ3) is 6.11. The Bertz CT molecular complexity index is 461. The summed E-state index contributed by atoms with van der Waals surface area (Å²) in [7, 11) is 2.01. The molecule has 0 atom stereocenters. The van der Waals surface area contributed by atoms with Gasteiger partial charge in [-0.05, 0) is 37.0 Å². The standard InChI is InChI=1S/C16H25N3O.HI/c1-3-4-10-20-15-7-5-6-13(11-15)12-18-16(17)19(2)14-8-9-14;/h5-7,11,14H,3-4,8-10,12H2,1-2H3,(H2,17,18);1H. The van der Waals surface area contributed by atoms with Crippen molar-refractivity contribution < 1.29 is 4.74 Å². The van der Waals surface area contributed by atoms with Gasteiger partial charge in [-0.15, -0.1) is 24.0 Å². The number of guanidine groups is 1. The minimum absolute atomic E-state index is 0. The molecule has 0 amide bonds. The predicted molar refractivity (Wildman–Crippen MR) is 98.4 cm³/mol. The number of nitrogens with zero attached hydrogens (tertiary/aromatic N) is 2. The molecule has 1 aliphatic rings. The van der Waals surface area contributed by atoms with Crippen LogP contribution in [0.25, 0.3) is 0 Å². The molecule has 1 aromatic carbocycles. The van der Waals surface area contributed by atoms with Crippen molar-refractivity contribution in [3.63, 3.8) is 0 Å². The lowest BCUT2D eigenvalue weighted by Crippen LogP contribution is -2.35. The lowest BCUT2D eigenvalue weighted by Gasteiger charge is -2.16. The van der Waals surface area contributed by atoms with E-state index >= 15 is 0 Å². The van der Waals surface area contributed by atoms with E-state index < -0.39 is 0 Å². The van der Waals surface area contributed by atoms with Crippen LogP contribution in [0.5, 0.6) is 5.75 Å². The Morgan fingerprint density at radius 2 is 2.19 bits per heavy atom. The molecule has 0 aromatic heterocycles. The zero-order chi connectivity index (χ0) is 14.4. The van der Waals surface area contributed by atoms with Crippen molar-refractivity contribution in [3.05, 3.63) is 29.8 Å². The van der Waals surface area contributed by atoms with Crippen LogP contribution in [0, 0.1) is 0 Å². The van der Waals surface area contributed by atoms with Crippen molar-refractivity contribution in [3.8, 4) is 5.75 Å². The summed E-state index contributed by atoms with van der Waals surface area (Å²) in [5.41, 5.74) is 7.12. The molecule has 0 heterocycles. The van der Waals surface area contributed by atoms with Gasteiger partial charge in [0.15, 0.2) is 5.96 Å². The summed E-state index contributed by atoms with van der Waals surface area (Å²) in [6.45, 7) is 3.54. The largest absolute Gasteiger partial charge is 0.494 e. The van der Waals surface area contributed by atoms with Gasteiger partial charge >= 0.3 is 0 Å². The molecule has 0 bridgehead atoms. The van der Waals surface area contributed by atoms with E-state index in [9.17, 15) is 0 Å². The fourth-order valence-corrected chi connectivity index (χ4v) is 2.00. The van der Waals surface area contributed by atoms with Gasteiger partial charge in [0.05, 0.1) is 13.2 Å². The Hall–Kier alpha value is -0.980. The maximum Gasteiger partial charge on any atom is 0.191 e. The first-order valence-corrected chi connectivity index (χ1v) is 7.45. The van der Waals surface area contributed by atoms with Crippen LogP contribution >= 0.6 is 24.0 Å². The van der Waals surface area contributed by atoms with Crippen molar-refractivity contribution in [2.75, 3.05) is 13.7 Å². The lowest BCUT2D eigenvalue weighted by atomic mass is 10.2. The van der Waals surface area contributed by atoms with Crippen molar-refractivity contribution in [1.82, 2.24) is 4.90 Å². The van der Waals surface area contributed by atoms with Crippen molar-refractivity contribution in [2.24, 2.45) is 10.7 Å². The molecule has 1 aromatic rings. The molecule has 0 spiro atoms. The molecule has 1 fully saturated rings. The van der Waals surface area contributed by atoms with Crippen LogP contribution in [0.3, 0.4) is 0 Å². The maximum absolute atomic E-state index is 5.99. The Morgan fingerprint density at radius 1 is 1.43 bits per heavy atom. The second-order valence-electron chi connectivity index (χ2n) is 5.37. The second-order valence-corrected chi connectivity index (χ2v) is 5.37. The zero-order valence-corrected chi connectivity index (χ0v) is 15.2. The monoisotopic (exact) mass is 403 g/mol. The first kappa shape index (κ1) is 18.1. The highest BCUT2D eigenvalue weighted by Gasteiger charge is 2.27.